The van der Waals surface area contributed by atoms with Crippen molar-refractivity contribution in [1.82, 2.24) is 9.97 Å². The van der Waals surface area contributed by atoms with E-state index in [1.807, 2.05) is 24.5 Å². The van der Waals surface area contributed by atoms with Gasteiger partial charge in [0.2, 0.25) is 0 Å². The SMILES string of the molecule is CC(=O)/C=C(/C)O.CC(=O)/C=C(/C)O.CC(C)(C)c1cc(C(C)(C)C)c2cnc(-c3[c-]ccc4c3oc3c(-c5cc6cc(C(C)(C)C)cc(C(C)(C)C)c6cn5)[c-]ccc34)cc2c1.[Pt].[Pt]. The number of nitrogens with zero attached hydrogens (tertiary/aromatic N) is 2. The molecule has 0 aliphatic carbocycles. The van der Waals surface area contributed by atoms with Crippen LogP contribution in [0.25, 0.3) is 66.0 Å². The van der Waals surface area contributed by atoms with E-state index in [9.17, 15) is 9.59 Å². The molecule has 7 aromatic rings. The van der Waals surface area contributed by atoms with Crippen LogP contribution in [0.15, 0.2) is 101 Å². The van der Waals surface area contributed by atoms with Crippen molar-refractivity contribution in [2.24, 2.45) is 0 Å². The number of aromatic nitrogens is 2. The van der Waals surface area contributed by atoms with Gasteiger partial charge in [0.15, 0.2) is 11.6 Å². The molecular weight excluding hydrogens is 1170 g/mol. The van der Waals surface area contributed by atoms with E-state index in [-0.39, 0.29) is 86.9 Å². The second kappa shape index (κ2) is 20.9. The van der Waals surface area contributed by atoms with Gasteiger partial charge in [-0.1, -0.05) is 141 Å². The Kier molecular flexibility index (Phi) is 17.5. The zero-order chi connectivity index (χ0) is 47.0. The van der Waals surface area contributed by atoms with Gasteiger partial charge in [-0.2, -0.15) is 0 Å². The third-order valence-electron chi connectivity index (χ3n) is 10.8. The van der Waals surface area contributed by atoms with Gasteiger partial charge in [-0.25, -0.2) is 0 Å². The van der Waals surface area contributed by atoms with Crippen molar-refractivity contribution in [1.29, 1.82) is 0 Å². The Bertz CT molecular complexity index is 2720. The van der Waals surface area contributed by atoms with E-state index in [0.29, 0.717) is 0 Å². The van der Waals surface area contributed by atoms with Crippen LogP contribution in [0.4, 0.5) is 0 Å². The molecule has 7 nitrogen and oxygen atoms in total. The summed E-state index contributed by atoms with van der Waals surface area (Å²) in [7, 11) is 0. The Morgan fingerprint density at radius 2 is 0.862 bits per heavy atom. The molecule has 3 heterocycles. The number of furan rings is 1. The molecule has 2 N–H and O–H groups in total. The van der Waals surface area contributed by atoms with Crippen LogP contribution in [0.2, 0.25) is 0 Å². The van der Waals surface area contributed by atoms with E-state index in [0.717, 1.165) is 44.5 Å². The third kappa shape index (κ3) is 13.2. The fourth-order valence-electron chi connectivity index (χ4n) is 7.57. The Hall–Kier alpha value is -4.70. The van der Waals surface area contributed by atoms with Gasteiger partial charge in [0.25, 0.3) is 0 Å². The Labute approximate surface area is 414 Å². The zero-order valence-electron chi connectivity index (χ0n) is 40.7. The molecule has 4 aromatic carbocycles. The molecule has 9 heteroatoms. The first-order chi connectivity index (χ1) is 29.1. The van der Waals surface area contributed by atoms with Crippen LogP contribution in [0.3, 0.4) is 0 Å². The molecular formula is C56H64N2O5Pt2-2. The third-order valence-corrected chi connectivity index (χ3v) is 10.8. The van der Waals surface area contributed by atoms with Crippen LogP contribution in [-0.2, 0) is 73.4 Å². The molecule has 0 atom stereocenters. The number of ketones is 2. The number of hydrogen-bond acceptors (Lipinski definition) is 7. The first-order valence-corrected chi connectivity index (χ1v) is 21.5. The van der Waals surface area contributed by atoms with Crippen molar-refractivity contribution in [3.63, 3.8) is 0 Å². The van der Waals surface area contributed by atoms with Gasteiger partial charge in [-0.05, 0) is 93.8 Å². The molecule has 0 spiro atoms. The molecule has 0 radical (unpaired) electrons. The molecule has 0 aliphatic rings. The molecule has 350 valence electrons. The summed E-state index contributed by atoms with van der Waals surface area (Å²) in [4.78, 5) is 30.1. The number of hydrogen-bond donors (Lipinski definition) is 2. The van der Waals surface area contributed by atoms with Crippen LogP contribution >= 0.6 is 0 Å². The average Bonchev–Trinajstić information content (AvgIpc) is 3.54. The van der Waals surface area contributed by atoms with E-state index in [2.05, 4.69) is 144 Å². The van der Waals surface area contributed by atoms with E-state index in [4.69, 9.17) is 24.6 Å². The number of aliphatic hydroxyl groups is 2. The van der Waals surface area contributed by atoms with Crippen molar-refractivity contribution in [3.05, 3.63) is 131 Å². The number of aliphatic hydroxyl groups excluding tert-OH is 2. The normalized spacial score (nSPS) is 12.5. The minimum Gasteiger partial charge on any atom is -0.545 e. The van der Waals surface area contributed by atoms with Crippen LogP contribution in [-0.4, -0.2) is 31.7 Å². The summed E-state index contributed by atoms with van der Waals surface area (Å²) < 4.78 is 6.82. The molecule has 0 saturated carbocycles. The second-order valence-electron chi connectivity index (χ2n) is 20.7. The minimum absolute atomic E-state index is 0. The largest absolute Gasteiger partial charge is 0.545 e. The number of carbonyl (C=O) groups excluding carboxylic acids is 2. The Balaban J connectivity index is 0.000000610. The van der Waals surface area contributed by atoms with E-state index in [1.165, 1.54) is 83.6 Å². The number of fused-ring (bicyclic) bond motifs is 5. The summed E-state index contributed by atoms with van der Waals surface area (Å²) in [5, 5.41) is 23.5. The predicted octanol–water partition coefficient (Wildman–Crippen LogP) is 14.9. The number of rotatable bonds is 4. The topological polar surface area (TPSA) is 114 Å². The Morgan fingerprint density at radius 3 is 1.12 bits per heavy atom. The summed E-state index contributed by atoms with van der Waals surface area (Å²) in [6.45, 7) is 33.0. The number of benzene rings is 4. The van der Waals surface area contributed by atoms with Crippen LogP contribution < -0.4 is 0 Å². The van der Waals surface area contributed by atoms with E-state index < -0.39 is 0 Å². The summed E-state index contributed by atoms with van der Waals surface area (Å²) >= 11 is 0. The second-order valence-corrected chi connectivity index (χ2v) is 20.7. The van der Waals surface area contributed by atoms with E-state index in [1.54, 1.807) is 0 Å². The molecule has 0 fully saturated rings. The fourth-order valence-corrected chi connectivity index (χ4v) is 7.57. The van der Waals surface area contributed by atoms with Gasteiger partial charge in [0.05, 0.1) is 11.5 Å². The van der Waals surface area contributed by atoms with Crippen molar-refractivity contribution in [2.45, 2.75) is 132 Å². The summed E-state index contributed by atoms with van der Waals surface area (Å²) in [5.41, 5.74) is 10.2. The van der Waals surface area contributed by atoms with Crippen molar-refractivity contribution < 1.29 is 66.3 Å². The van der Waals surface area contributed by atoms with Gasteiger partial charge in [-0.15, -0.1) is 36.4 Å². The maximum absolute atomic E-state index is 10.0. The standard InChI is InChI=1S/C46H48N2O.2C5H8O2.2Pt/c1-43(2,3)29-19-27-21-39(47-25-35(27)37(23-29)45(7,8)9)33-17-13-15-31-32-16-14-18-34(42(32)49-41(31)33)40-22-28-20-30(44(4,5)6)24-38(46(10,11)12)36(28)26-48-40;2*1-4(6)3-5(2)7;;/h13-16,19-26H,1-12H3;2*3,6H,1-2H3;;/q-2;;;;/b;2*4-3-;;. The molecule has 3 aromatic heterocycles. The molecule has 0 saturated heterocycles. The summed E-state index contributed by atoms with van der Waals surface area (Å²) in [6.07, 6.45) is 6.39. The minimum atomic E-state index is -0.125. The predicted molar refractivity (Wildman–Crippen MR) is 262 cm³/mol. The number of pyridine rings is 2. The summed E-state index contributed by atoms with van der Waals surface area (Å²) in [6, 6.07) is 28.9. The first kappa shape index (κ1) is 54.6. The smallest absolute Gasteiger partial charge is 0.155 e. The fraction of sp³-hybridized carbons (Fsp3) is 0.357. The van der Waals surface area contributed by atoms with Gasteiger partial charge in [0, 0.05) is 88.6 Å². The molecule has 0 amide bonds. The average molecular weight is 1240 g/mol. The first-order valence-electron chi connectivity index (χ1n) is 21.5. The molecule has 0 bridgehead atoms. The van der Waals surface area contributed by atoms with Crippen LogP contribution in [0, 0.1) is 12.1 Å². The van der Waals surface area contributed by atoms with Crippen LogP contribution in [0.1, 0.15) is 133 Å². The van der Waals surface area contributed by atoms with Crippen molar-refractivity contribution in [2.75, 3.05) is 0 Å². The van der Waals surface area contributed by atoms with Crippen molar-refractivity contribution in [3.8, 4) is 22.5 Å². The van der Waals surface area contributed by atoms with E-state index >= 15 is 0 Å². The molecule has 0 unspecified atom stereocenters. The van der Waals surface area contributed by atoms with Gasteiger partial charge in [-0.3, -0.25) is 9.59 Å². The molecule has 0 aliphatic heterocycles. The monoisotopic (exact) mass is 1230 g/mol. The summed E-state index contributed by atoms with van der Waals surface area (Å²) in [5.74, 6) is -0.125. The Morgan fingerprint density at radius 1 is 0.523 bits per heavy atom. The number of allylic oxidation sites excluding steroid dienone is 4. The van der Waals surface area contributed by atoms with Gasteiger partial charge < -0.3 is 24.6 Å². The number of carbonyl (C=O) groups is 2. The molecule has 65 heavy (non-hydrogen) atoms. The van der Waals surface area contributed by atoms with Gasteiger partial charge in [0.1, 0.15) is 0 Å². The maximum atomic E-state index is 10.0. The quantitative estimate of drug-likeness (QED) is 0.103. The van der Waals surface area contributed by atoms with Crippen LogP contribution in [0.5, 0.6) is 0 Å². The van der Waals surface area contributed by atoms with Crippen molar-refractivity contribution >= 4 is 55.0 Å². The zero-order valence-corrected chi connectivity index (χ0v) is 45.3. The van der Waals surface area contributed by atoms with Gasteiger partial charge >= 0.3 is 0 Å². The molecule has 7 rings (SSSR count). The maximum Gasteiger partial charge on any atom is 0.155 e.